The summed E-state index contributed by atoms with van der Waals surface area (Å²) in [7, 11) is 0. The van der Waals surface area contributed by atoms with Crippen molar-refractivity contribution in [3.05, 3.63) is 0 Å². The molecule has 1 spiro atoms. The van der Waals surface area contributed by atoms with Crippen LogP contribution in [-0.4, -0.2) is 35.6 Å². The van der Waals surface area contributed by atoms with E-state index in [-0.39, 0.29) is 0 Å². The molecule has 18 heavy (non-hydrogen) atoms. The predicted octanol–water partition coefficient (Wildman–Crippen LogP) is 3.17. The van der Waals surface area contributed by atoms with Crippen LogP contribution < -0.4 is 5.32 Å². The highest BCUT2D eigenvalue weighted by molar-refractivity contribution is 5.05. The van der Waals surface area contributed by atoms with Gasteiger partial charge in [-0.1, -0.05) is 32.6 Å². The predicted molar refractivity (Wildman–Crippen MR) is 76.8 cm³/mol. The zero-order chi connectivity index (χ0) is 12.6. The summed E-state index contributed by atoms with van der Waals surface area (Å²) in [6.07, 6.45) is 11.5. The summed E-state index contributed by atoms with van der Waals surface area (Å²) in [5.41, 5.74) is 0.490. The fraction of sp³-hybridized carbons (Fsp3) is 1.00. The van der Waals surface area contributed by atoms with Crippen LogP contribution >= 0.6 is 0 Å². The number of hydrogen-bond acceptors (Lipinski definition) is 2. The average Bonchev–Trinajstić information content (AvgIpc) is 3.14. The highest BCUT2D eigenvalue weighted by Crippen LogP contribution is 2.43. The van der Waals surface area contributed by atoms with E-state index in [1.807, 2.05) is 0 Å². The number of nitrogens with one attached hydrogen (secondary N) is 1. The molecule has 2 heteroatoms. The minimum Gasteiger partial charge on any atom is -0.308 e. The monoisotopic (exact) mass is 250 g/mol. The van der Waals surface area contributed by atoms with Gasteiger partial charge in [0.1, 0.15) is 0 Å². The Balaban J connectivity index is 1.62. The van der Waals surface area contributed by atoms with E-state index in [9.17, 15) is 0 Å². The molecule has 2 nitrogen and oxygen atoms in total. The highest BCUT2D eigenvalue weighted by atomic mass is 15.3. The third-order valence-corrected chi connectivity index (χ3v) is 5.61. The van der Waals surface area contributed by atoms with E-state index in [1.165, 1.54) is 64.5 Å². The van der Waals surface area contributed by atoms with Gasteiger partial charge in [-0.15, -0.1) is 0 Å². The Morgan fingerprint density at radius 1 is 1.22 bits per heavy atom. The average molecular weight is 250 g/mol. The maximum Gasteiger partial charge on any atom is 0.0309 e. The van der Waals surface area contributed by atoms with E-state index in [0.717, 1.165) is 18.0 Å². The Bertz CT molecular complexity index is 283. The maximum atomic E-state index is 3.90. The van der Waals surface area contributed by atoms with Crippen LogP contribution in [0.5, 0.6) is 0 Å². The minimum absolute atomic E-state index is 0.490. The molecule has 3 unspecified atom stereocenters. The molecular formula is C16H30N2. The lowest BCUT2D eigenvalue weighted by atomic mass is 9.79. The van der Waals surface area contributed by atoms with Gasteiger partial charge in [0.2, 0.25) is 0 Å². The van der Waals surface area contributed by atoms with Gasteiger partial charge in [-0.3, -0.25) is 4.90 Å². The fourth-order valence-corrected chi connectivity index (χ4v) is 4.37. The van der Waals surface area contributed by atoms with Crippen LogP contribution in [0.15, 0.2) is 0 Å². The third kappa shape index (κ3) is 2.46. The van der Waals surface area contributed by atoms with Crippen molar-refractivity contribution in [1.29, 1.82) is 0 Å². The molecular weight excluding hydrogens is 220 g/mol. The zero-order valence-corrected chi connectivity index (χ0v) is 12.3. The number of piperazine rings is 1. The van der Waals surface area contributed by atoms with E-state index in [1.54, 1.807) is 0 Å². The molecule has 104 valence electrons. The van der Waals surface area contributed by atoms with Crippen molar-refractivity contribution in [2.24, 2.45) is 5.92 Å². The lowest BCUT2D eigenvalue weighted by Crippen LogP contribution is -2.64. The first-order valence-electron chi connectivity index (χ1n) is 8.25. The van der Waals surface area contributed by atoms with Crippen LogP contribution in [0.3, 0.4) is 0 Å². The fourth-order valence-electron chi connectivity index (χ4n) is 4.37. The summed E-state index contributed by atoms with van der Waals surface area (Å²) in [5, 5.41) is 3.90. The Hall–Kier alpha value is -0.0800. The molecule has 1 N–H and O–H groups in total. The second-order valence-corrected chi connectivity index (χ2v) is 7.10. The molecule has 2 saturated carbocycles. The Morgan fingerprint density at radius 2 is 2.00 bits per heavy atom. The molecule has 0 amide bonds. The van der Waals surface area contributed by atoms with Crippen molar-refractivity contribution in [2.45, 2.75) is 82.8 Å². The normalized spacial score (nSPS) is 40.0. The number of rotatable bonds is 3. The van der Waals surface area contributed by atoms with E-state index in [4.69, 9.17) is 0 Å². The van der Waals surface area contributed by atoms with Gasteiger partial charge in [0.15, 0.2) is 0 Å². The Labute approximate surface area is 113 Å². The smallest absolute Gasteiger partial charge is 0.0309 e. The third-order valence-electron chi connectivity index (χ3n) is 5.61. The van der Waals surface area contributed by atoms with Gasteiger partial charge >= 0.3 is 0 Å². The maximum absolute atomic E-state index is 3.90. The highest BCUT2D eigenvalue weighted by Gasteiger charge is 2.47. The molecule has 0 bridgehead atoms. The molecule has 3 aliphatic rings. The van der Waals surface area contributed by atoms with Crippen molar-refractivity contribution >= 4 is 0 Å². The van der Waals surface area contributed by atoms with Gasteiger partial charge in [-0.05, 0) is 38.5 Å². The zero-order valence-electron chi connectivity index (χ0n) is 12.3. The van der Waals surface area contributed by atoms with Crippen LogP contribution in [0, 0.1) is 5.92 Å². The molecule has 0 aromatic carbocycles. The Kier molecular flexibility index (Phi) is 3.68. The SMILES string of the molecule is CCCC1CC1N1CC2(CCCCC2)NCC1C. The summed E-state index contributed by atoms with van der Waals surface area (Å²) < 4.78 is 0. The van der Waals surface area contributed by atoms with Crippen molar-refractivity contribution in [3.8, 4) is 0 Å². The van der Waals surface area contributed by atoms with Gasteiger partial charge in [-0.25, -0.2) is 0 Å². The van der Waals surface area contributed by atoms with Crippen LogP contribution in [0.4, 0.5) is 0 Å². The van der Waals surface area contributed by atoms with Gasteiger partial charge in [0, 0.05) is 30.7 Å². The molecule has 1 aliphatic heterocycles. The van der Waals surface area contributed by atoms with Crippen LogP contribution in [0.25, 0.3) is 0 Å². The van der Waals surface area contributed by atoms with E-state index < -0.39 is 0 Å². The van der Waals surface area contributed by atoms with Crippen molar-refractivity contribution in [2.75, 3.05) is 13.1 Å². The van der Waals surface area contributed by atoms with Crippen molar-refractivity contribution in [3.63, 3.8) is 0 Å². The van der Waals surface area contributed by atoms with E-state index >= 15 is 0 Å². The molecule has 3 atom stereocenters. The number of hydrogen-bond donors (Lipinski definition) is 1. The molecule has 2 aliphatic carbocycles. The molecule has 0 radical (unpaired) electrons. The first kappa shape index (κ1) is 12.9. The van der Waals surface area contributed by atoms with E-state index in [2.05, 4.69) is 24.1 Å². The summed E-state index contributed by atoms with van der Waals surface area (Å²) in [5.74, 6) is 1.02. The summed E-state index contributed by atoms with van der Waals surface area (Å²) in [6.45, 7) is 7.30. The molecule has 3 rings (SSSR count). The first-order chi connectivity index (χ1) is 8.74. The second-order valence-electron chi connectivity index (χ2n) is 7.10. The van der Waals surface area contributed by atoms with Crippen LogP contribution in [0.2, 0.25) is 0 Å². The van der Waals surface area contributed by atoms with E-state index in [0.29, 0.717) is 5.54 Å². The topological polar surface area (TPSA) is 15.3 Å². The molecule has 1 heterocycles. The van der Waals surface area contributed by atoms with Crippen LogP contribution in [-0.2, 0) is 0 Å². The second kappa shape index (κ2) is 5.13. The van der Waals surface area contributed by atoms with Gasteiger partial charge < -0.3 is 5.32 Å². The lowest BCUT2D eigenvalue weighted by molar-refractivity contribution is 0.0528. The Morgan fingerprint density at radius 3 is 2.72 bits per heavy atom. The quantitative estimate of drug-likeness (QED) is 0.827. The van der Waals surface area contributed by atoms with Gasteiger partial charge in [-0.2, -0.15) is 0 Å². The lowest BCUT2D eigenvalue weighted by Gasteiger charge is -2.49. The van der Waals surface area contributed by atoms with Crippen LogP contribution in [0.1, 0.15) is 65.2 Å². The van der Waals surface area contributed by atoms with Gasteiger partial charge in [0.05, 0.1) is 0 Å². The first-order valence-corrected chi connectivity index (χ1v) is 8.25. The summed E-state index contributed by atoms with van der Waals surface area (Å²) in [6, 6.07) is 1.69. The summed E-state index contributed by atoms with van der Waals surface area (Å²) >= 11 is 0. The standard InChI is InChI=1S/C16H30N2/c1-3-7-14-10-15(14)18-12-16(17-11-13(18)2)8-5-4-6-9-16/h13-15,17H,3-12H2,1-2H3. The van der Waals surface area contributed by atoms with Crippen molar-refractivity contribution < 1.29 is 0 Å². The minimum atomic E-state index is 0.490. The largest absolute Gasteiger partial charge is 0.308 e. The summed E-state index contributed by atoms with van der Waals surface area (Å²) in [4.78, 5) is 2.86. The molecule has 0 aromatic rings. The van der Waals surface area contributed by atoms with Gasteiger partial charge in [0.25, 0.3) is 0 Å². The molecule has 1 saturated heterocycles. The number of nitrogens with zero attached hydrogens (tertiary/aromatic N) is 1. The molecule has 0 aromatic heterocycles. The molecule has 3 fully saturated rings. The van der Waals surface area contributed by atoms with Crippen molar-refractivity contribution in [1.82, 2.24) is 10.2 Å².